The molecule has 0 N–H and O–H groups in total. The number of para-hydroxylation sites is 2. The van der Waals surface area contributed by atoms with Crippen molar-refractivity contribution in [3.05, 3.63) is 60.2 Å². The molecular weight excluding hydrogens is 408 g/mol. The van der Waals surface area contributed by atoms with E-state index < -0.39 is 9.84 Å². The molecule has 2 aliphatic rings. The van der Waals surface area contributed by atoms with Crippen LogP contribution < -0.4 is 9.64 Å². The Labute approximate surface area is 174 Å². The smallest absolute Gasteiger partial charge is 0.248 e. The summed E-state index contributed by atoms with van der Waals surface area (Å²) in [7, 11) is -1.53. The van der Waals surface area contributed by atoms with Crippen molar-refractivity contribution in [3.8, 4) is 5.75 Å². The van der Waals surface area contributed by atoms with Gasteiger partial charge in [-0.3, -0.25) is 4.79 Å². The molecule has 2 heterocycles. The van der Waals surface area contributed by atoms with Crippen LogP contribution in [0.5, 0.6) is 5.75 Å². The zero-order chi connectivity index (χ0) is 20.4. The summed E-state index contributed by atoms with van der Waals surface area (Å²) in [6.07, 6.45) is 0.929. The number of aliphatic imine (C=N–C) groups is 1. The number of fused-ring (bicyclic) bond motifs is 1. The molecule has 1 amide bonds. The predicted molar refractivity (Wildman–Crippen MR) is 116 cm³/mol. The Morgan fingerprint density at radius 1 is 1.14 bits per heavy atom. The van der Waals surface area contributed by atoms with E-state index in [1.165, 1.54) is 11.8 Å². The summed E-state index contributed by atoms with van der Waals surface area (Å²) in [5, 5.41) is 0.419. The van der Waals surface area contributed by atoms with Gasteiger partial charge in [-0.1, -0.05) is 54.2 Å². The molecule has 0 radical (unpaired) electrons. The van der Waals surface area contributed by atoms with E-state index in [1.54, 1.807) is 7.11 Å². The topological polar surface area (TPSA) is 76.0 Å². The second-order valence-electron chi connectivity index (χ2n) is 7.12. The van der Waals surface area contributed by atoms with E-state index >= 15 is 0 Å². The van der Waals surface area contributed by atoms with Crippen molar-refractivity contribution < 1.29 is 17.9 Å². The van der Waals surface area contributed by atoms with E-state index in [0.717, 1.165) is 11.3 Å². The van der Waals surface area contributed by atoms with Gasteiger partial charge in [0.1, 0.15) is 5.75 Å². The number of hydrogen-bond acceptors (Lipinski definition) is 5. The number of amidine groups is 1. The third-order valence-electron chi connectivity index (χ3n) is 5.10. The van der Waals surface area contributed by atoms with Gasteiger partial charge in [-0.15, -0.1) is 0 Å². The maximum absolute atomic E-state index is 12.6. The second kappa shape index (κ2) is 8.20. The van der Waals surface area contributed by atoms with E-state index in [2.05, 4.69) is 4.99 Å². The number of anilines is 1. The monoisotopic (exact) mass is 430 g/mol. The molecule has 0 aromatic heterocycles. The third kappa shape index (κ3) is 4.33. The van der Waals surface area contributed by atoms with E-state index in [9.17, 15) is 13.2 Å². The fourth-order valence-corrected chi connectivity index (χ4v) is 7.66. The molecule has 0 bridgehead atoms. The number of thioether (sulfide) groups is 1. The van der Waals surface area contributed by atoms with Crippen molar-refractivity contribution >= 4 is 38.4 Å². The minimum absolute atomic E-state index is 0.0555. The van der Waals surface area contributed by atoms with Crippen LogP contribution in [-0.2, 0) is 21.1 Å². The highest BCUT2D eigenvalue weighted by Crippen LogP contribution is 2.43. The number of rotatable bonds is 5. The summed E-state index contributed by atoms with van der Waals surface area (Å²) in [6.45, 7) is 0. The van der Waals surface area contributed by atoms with Crippen LogP contribution in [0.2, 0.25) is 0 Å². The van der Waals surface area contributed by atoms with Gasteiger partial charge in [-0.25, -0.2) is 8.42 Å². The number of nitrogens with zero attached hydrogens (tertiary/aromatic N) is 2. The van der Waals surface area contributed by atoms with Crippen LogP contribution in [0.25, 0.3) is 0 Å². The van der Waals surface area contributed by atoms with E-state index in [4.69, 9.17) is 4.74 Å². The van der Waals surface area contributed by atoms with Gasteiger partial charge < -0.3 is 9.64 Å². The molecule has 2 aromatic rings. The quantitative estimate of drug-likeness (QED) is 0.726. The van der Waals surface area contributed by atoms with Crippen molar-refractivity contribution in [1.29, 1.82) is 0 Å². The fraction of sp³-hybridized carbons (Fsp3) is 0.333. The molecule has 4 rings (SSSR count). The lowest BCUT2D eigenvalue weighted by molar-refractivity contribution is -0.117. The molecule has 8 heteroatoms. The van der Waals surface area contributed by atoms with Gasteiger partial charge in [-0.2, -0.15) is 4.99 Å². The molecule has 2 fully saturated rings. The summed E-state index contributed by atoms with van der Waals surface area (Å²) >= 11 is 1.38. The van der Waals surface area contributed by atoms with E-state index in [-0.39, 0.29) is 28.7 Å². The van der Waals surface area contributed by atoms with Crippen LogP contribution in [0.4, 0.5) is 5.69 Å². The number of ether oxygens (including phenoxy) is 1. The molecule has 2 aliphatic heterocycles. The zero-order valence-corrected chi connectivity index (χ0v) is 17.7. The first-order valence-corrected chi connectivity index (χ1v) is 12.1. The Hall–Kier alpha value is -2.32. The molecule has 0 aliphatic carbocycles. The number of methoxy groups -OCH3 is 1. The highest BCUT2D eigenvalue weighted by molar-refractivity contribution is 8.16. The molecule has 6 nitrogen and oxygen atoms in total. The van der Waals surface area contributed by atoms with Crippen LogP contribution >= 0.6 is 11.8 Å². The highest BCUT2D eigenvalue weighted by atomic mass is 32.2. The number of carbonyl (C=O) groups excluding carboxylic acids is 1. The zero-order valence-electron chi connectivity index (χ0n) is 16.0. The molecule has 2 atom stereocenters. The Bertz CT molecular complexity index is 1040. The van der Waals surface area contributed by atoms with Crippen LogP contribution in [0, 0.1) is 0 Å². The summed E-state index contributed by atoms with van der Waals surface area (Å²) in [6, 6.07) is 17.0. The van der Waals surface area contributed by atoms with Crippen molar-refractivity contribution in [1.82, 2.24) is 0 Å². The minimum atomic E-state index is -3.11. The minimum Gasteiger partial charge on any atom is -0.495 e. The summed E-state index contributed by atoms with van der Waals surface area (Å²) < 4.78 is 29.8. The van der Waals surface area contributed by atoms with Gasteiger partial charge in [0.25, 0.3) is 0 Å². The second-order valence-corrected chi connectivity index (χ2v) is 10.5. The van der Waals surface area contributed by atoms with Gasteiger partial charge in [-0.05, 0) is 24.1 Å². The number of aryl methyl sites for hydroxylation is 1. The third-order valence-corrected chi connectivity index (χ3v) is 8.31. The first-order chi connectivity index (χ1) is 14.0. The number of hydrogen-bond donors (Lipinski definition) is 0. The maximum atomic E-state index is 12.6. The van der Waals surface area contributed by atoms with Gasteiger partial charge in [0.05, 0.1) is 30.3 Å². The largest absolute Gasteiger partial charge is 0.495 e. The average Bonchev–Trinajstić information content (AvgIpc) is 3.17. The van der Waals surface area contributed by atoms with Crippen LogP contribution in [0.3, 0.4) is 0 Å². The Balaban J connectivity index is 1.61. The normalized spacial score (nSPS) is 23.9. The van der Waals surface area contributed by atoms with Crippen molar-refractivity contribution in [2.24, 2.45) is 4.99 Å². The average molecular weight is 431 g/mol. The molecule has 29 heavy (non-hydrogen) atoms. The molecule has 2 saturated heterocycles. The highest BCUT2D eigenvalue weighted by Gasteiger charge is 2.49. The molecule has 0 spiro atoms. The Morgan fingerprint density at radius 3 is 2.62 bits per heavy atom. The standard InChI is InChI=1S/C21H22N2O4S2/c1-27-18-10-6-5-9-16(18)23-17-13-29(25,26)14-19(17)28-21(23)22-20(24)12-11-15-7-3-2-4-8-15/h2-10,17,19H,11-14H2,1H3/t17-,19-/m1/s1. The summed E-state index contributed by atoms with van der Waals surface area (Å²) in [4.78, 5) is 18.8. The lowest BCUT2D eigenvalue weighted by Crippen LogP contribution is -2.38. The summed E-state index contributed by atoms with van der Waals surface area (Å²) in [5.41, 5.74) is 1.83. The number of carbonyl (C=O) groups is 1. The fourth-order valence-electron chi connectivity index (χ4n) is 3.73. The Kier molecular flexibility index (Phi) is 5.65. The van der Waals surface area contributed by atoms with Crippen molar-refractivity contribution in [3.63, 3.8) is 0 Å². The predicted octanol–water partition coefficient (Wildman–Crippen LogP) is 2.93. The molecule has 2 aromatic carbocycles. The van der Waals surface area contributed by atoms with E-state index in [1.807, 2.05) is 59.5 Å². The van der Waals surface area contributed by atoms with Crippen LogP contribution in [-0.4, -0.2) is 49.4 Å². The maximum Gasteiger partial charge on any atom is 0.248 e. The first-order valence-electron chi connectivity index (χ1n) is 9.41. The lowest BCUT2D eigenvalue weighted by atomic mass is 10.1. The molecule has 0 saturated carbocycles. The molecular formula is C21H22N2O4S2. The number of amides is 1. The summed E-state index contributed by atoms with van der Waals surface area (Å²) in [5.74, 6) is 0.576. The van der Waals surface area contributed by atoms with E-state index in [0.29, 0.717) is 23.8 Å². The Morgan fingerprint density at radius 2 is 1.86 bits per heavy atom. The first kappa shape index (κ1) is 20.0. The SMILES string of the molecule is COc1ccccc1N1C(=NC(=O)CCc2ccccc2)S[C@@H]2CS(=O)(=O)C[C@H]21. The van der Waals surface area contributed by atoms with Crippen molar-refractivity contribution in [2.45, 2.75) is 24.1 Å². The molecule has 152 valence electrons. The molecule has 0 unspecified atom stereocenters. The van der Waals surface area contributed by atoms with Crippen LogP contribution in [0.1, 0.15) is 12.0 Å². The number of sulfone groups is 1. The van der Waals surface area contributed by atoms with Gasteiger partial charge in [0, 0.05) is 11.7 Å². The number of benzene rings is 2. The van der Waals surface area contributed by atoms with Gasteiger partial charge >= 0.3 is 0 Å². The lowest BCUT2D eigenvalue weighted by Gasteiger charge is -2.26. The van der Waals surface area contributed by atoms with Crippen molar-refractivity contribution in [2.75, 3.05) is 23.5 Å². The van der Waals surface area contributed by atoms with Gasteiger partial charge in [0.2, 0.25) is 5.91 Å². The van der Waals surface area contributed by atoms with Crippen LogP contribution in [0.15, 0.2) is 59.6 Å². The van der Waals surface area contributed by atoms with Gasteiger partial charge in [0.15, 0.2) is 15.0 Å².